The van der Waals surface area contributed by atoms with E-state index in [0.717, 1.165) is 18.3 Å². The SMILES string of the molecule is Cc1cc(CNC2CC2)ccc1-c1ccn(C)n1. The summed E-state index contributed by atoms with van der Waals surface area (Å²) in [7, 11) is 1.95. The van der Waals surface area contributed by atoms with Crippen molar-refractivity contribution in [1.82, 2.24) is 15.1 Å². The molecule has 1 heterocycles. The van der Waals surface area contributed by atoms with E-state index in [2.05, 4.69) is 41.6 Å². The average Bonchev–Trinajstić information content (AvgIpc) is 3.09. The van der Waals surface area contributed by atoms with Crippen molar-refractivity contribution in [3.63, 3.8) is 0 Å². The van der Waals surface area contributed by atoms with Crippen LogP contribution in [0.15, 0.2) is 30.5 Å². The van der Waals surface area contributed by atoms with Gasteiger partial charge < -0.3 is 5.32 Å². The van der Waals surface area contributed by atoms with E-state index in [-0.39, 0.29) is 0 Å². The van der Waals surface area contributed by atoms with E-state index < -0.39 is 0 Å². The Morgan fingerprint density at radius 1 is 1.33 bits per heavy atom. The molecule has 3 heteroatoms. The molecule has 1 saturated carbocycles. The summed E-state index contributed by atoms with van der Waals surface area (Å²) >= 11 is 0. The summed E-state index contributed by atoms with van der Waals surface area (Å²) in [5.74, 6) is 0. The highest BCUT2D eigenvalue weighted by Crippen LogP contribution is 2.23. The lowest BCUT2D eigenvalue weighted by molar-refractivity contribution is 0.687. The number of nitrogens with one attached hydrogen (secondary N) is 1. The number of hydrogen-bond donors (Lipinski definition) is 1. The molecule has 0 radical (unpaired) electrons. The molecule has 1 aromatic heterocycles. The van der Waals surface area contributed by atoms with Crippen LogP contribution in [0.5, 0.6) is 0 Å². The molecule has 0 unspecified atom stereocenters. The average molecular weight is 241 g/mol. The van der Waals surface area contributed by atoms with Crippen LogP contribution in [-0.4, -0.2) is 15.8 Å². The number of hydrogen-bond acceptors (Lipinski definition) is 2. The maximum atomic E-state index is 4.46. The van der Waals surface area contributed by atoms with Crippen molar-refractivity contribution in [3.05, 3.63) is 41.6 Å². The van der Waals surface area contributed by atoms with Gasteiger partial charge in [-0.05, 0) is 37.0 Å². The second kappa shape index (κ2) is 4.58. The van der Waals surface area contributed by atoms with E-state index >= 15 is 0 Å². The zero-order valence-corrected chi connectivity index (χ0v) is 11.0. The summed E-state index contributed by atoms with van der Waals surface area (Å²) in [4.78, 5) is 0. The van der Waals surface area contributed by atoms with Gasteiger partial charge in [0.15, 0.2) is 0 Å². The van der Waals surface area contributed by atoms with E-state index in [1.165, 1.54) is 29.5 Å². The molecule has 2 aromatic rings. The Morgan fingerprint density at radius 3 is 2.78 bits per heavy atom. The van der Waals surface area contributed by atoms with E-state index in [4.69, 9.17) is 0 Å². The predicted octanol–water partition coefficient (Wildman–Crippen LogP) is 2.65. The quantitative estimate of drug-likeness (QED) is 0.892. The van der Waals surface area contributed by atoms with Crippen molar-refractivity contribution in [2.24, 2.45) is 7.05 Å². The lowest BCUT2D eigenvalue weighted by atomic mass is 10.0. The zero-order chi connectivity index (χ0) is 12.5. The molecule has 1 aliphatic carbocycles. The molecule has 0 saturated heterocycles. The van der Waals surface area contributed by atoms with Gasteiger partial charge in [-0.25, -0.2) is 0 Å². The fraction of sp³-hybridized carbons (Fsp3) is 0.400. The van der Waals surface area contributed by atoms with Gasteiger partial charge in [-0.3, -0.25) is 4.68 Å². The lowest BCUT2D eigenvalue weighted by Gasteiger charge is -2.07. The van der Waals surface area contributed by atoms with Crippen molar-refractivity contribution in [3.8, 4) is 11.3 Å². The highest BCUT2D eigenvalue weighted by atomic mass is 15.2. The number of rotatable bonds is 4. The first-order chi connectivity index (χ1) is 8.72. The molecule has 0 atom stereocenters. The van der Waals surface area contributed by atoms with Gasteiger partial charge in [0.1, 0.15) is 0 Å². The fourth-order valence-electron chi connectivity index (χ4n) is 2.23. The Labute approximate surface area is 108 Å². The van der Waals surface area contributed by atoms with Crippen molar-refractivity contribution in [2.75, 3.05) is 0 Å². The molecule has 3 nitrogen and oxygen atoms in total. The van der Waals surface area contributed by atoms with Crippen LogP contribution in [0.3, 0.4) is 0 Å². The zero-order valence-electron chi connectivity index (χ0n) is 11.0. The Bertz CT molecular complexity index is 553. The molecule has 0 aliphatic heterocycles. The highest BCUT2D eigenvalue weighted by molar-refractivity contribution is 5.63. The molecule has 0 bridgehead atoms. The normalized spacial score (nSPS) is 15.0. The molecule has 1 fully saturated rings. The van der Waals surface area contributed by atoms with Gasteiger partial charge in [0.05, 0.1) is 5.69 Å². The van der Waals surface area contributed by atoms with E-state index in [9.17, 15) is 0 Å². The number of aryl methyl sites for hydroxylation is 2. The molecular weight excluding hydrogens is 222 g/mol. The molecule has 1 aliphatic rings. The summed E-state index contributed by atoms with van der Waals surface area (Å²) in [6.45, 7) is 3.14. The summed E-state index contributed by atoms with van der Waals surface area (Å²) in [6, 6.07) is 9.47. The molecular formula is C15H19N3. The molecule has 1 N–H and O–H groups in total. The Balaban J connectivity index is 1.79. The smallest absolute Gasteiger partial charge is 0.0925 e. The third-order valence-corrected chi connectivity index (χ3v) is 3.45. The first-order valence-electron chi connectivity index (χ1n) is 6.55. The van der Waals surface area contributed by atoms with Crippen LogP contribution in [0, 0.1) is 6.92 Å². The lowest BCUT2D eigenvalue weighted by Crippen LogP contribution is -2.15. The van der Waals surface area contributed by atoms with Gasteiger partial charge in [-0.15, -0.1) is 0 Å². The van der Waals surface area contributed by atoms with Gasteiger partial charge in [0.2, 0.25) is 0 Å². The minimum absolute atomic E-state index is 0.765. The van der Waals surface area contributed by atoms with Crippen LogP contribution < -0.4 is 5.32 Å². The molecule has 0 spiro atoms. The maximum Gasteiger partial charge on any atom is 0.0925 e. The second-order valence-corrected chi connectivity index (χ2v) is 5.18. The van der Waals surface area contributed by atoms with E-state index in [1.807, 2.05) is 17.9 Å². The van der Waals surface area contributed by atoms with Crippen LogP contribution in [0.25, 0.3) is 11.3 Å². The summed E-state index contributed by atoms with van der Waals surface area (Å²) in [6.07, 6.45) is 4.66. The van der Waals surface area contributed by atoms with Crippen LogP contribution >= 0.6 is 0 Å². The number of nitrogens with zero attached hydrogens (tertiary/aromatic N) is 2. The maximum absolute atomic E-state index is 4.46. The van der Waals surface area contributed by atoms with E-state index in [0.29, 0.717) is 0 Å². The Kier molecular flexibility index (Phi) is 2.92. The van der Waals surface area contributed by atoms with Crippen molar-refractivity contribution < 1.29 is 0 Å². The first kappa shape index (κ1) is 11.5. The van der Waals surface area contributed by atoms with Crippen molar-refractivity contribution >= 4 is 0 Å². The van der Waals surface area contributed by atoms with Crippen molar-refractivity contribution in [2.45, 2.75) is 32.4 Å². The third-order valence-electron chi connectivity index (χ3n) is 3.45. The van der Waals surface area contributed by atoms with Crippen LogP contribution in [0.1, 0.15) is 24.0 Å². The van der Waals surface area contributed by atoms with Gasteiger partial charge in [-0.2, -0.15) is 5.10 Å². The van der Waals surface area contributed by atoms with Gasteiger partial charge in [0.25, 0.3) is 0 Å². The molecule has 3 rings (SSSR count). The second-order valence-electron chi connectivity index (χ2n) is 5.18. The Morgan fingerprint density at radius 2 is 2.17 bits per heavy atom. The minimum atomic E-state index is 0.765. The summed E-state index contributed by atoms with van der Waals surface area (Å²) < 4.78 is 1.84. The van der Waals surface area contributed by atoms with Crippen molar-refractivity contribution in [1.29, 1.82) is 0 Å². The van der Waals surface area contributed by atoms with Crippen LogP contribution in [0.2, 0.25) is 0 Å². The topological polar surface area (TPSA) is 29.9 Å². The monoisotopic (exact) mass is 241 g/mol. The fourth-order valence-corrected chi connectivity index (χ4v) is 2.23. The highest BCUT2D eigenvalue weighted by Gasteiger charge is 2.19. The molecule has 18 heavy (non-hydrogen) atoms. The van der Waals surface area contributed by atoms with E-state index in [1.54, 1.807) is 0 Å². The van der Waals surface area contributed by atoms with Crippen LogP contribution in [-0.2, 0) is 13.6 Å². The standard InChI is InChI=1S/C15H19N3/c1-11-9-12(10-16-13-4-5-13)3-6-14(11)15-7-8-18(2)17-15/h3,6-9,13,16H,4-5,10H2,1-2H3. The first-order valence-corrected chi connectivity index (χ1v) is 6.55. The largest absolute Gasteiger partial charge is 0.310 e. The molecule has 0 amide bonds. The Hall–Kier alpha value is -1.61. The third kappa shape index (κ3) is 2.46. The van der Waals surface area contributed by atoms with Crippen LogP contribution in [0.4, 0.5) is 0 Å². The van der Waals surface area contributed by atoms with Gasteiger partial charge in [0, 0.05) is 31.4 Å². The van der Waals surface area contributed by atoms with Gasteiger partial charge >= 0.3 is 0 Å². The minimum Gasteiger partial charge on any atom is -0.310 e. The summed E-state index contributed by atoms with van der Waals surface area (Å²) in [5.41, 5.74) is 4.94. The predicted molar refractivity (Wildman–Crippen MR) is 73.2 cm³/mol. The number of aromatic nitrogens is 2. The molecule has 94 valence electrons. The van der Waals surface area contributed by atoms with Gasteiger partial charge in [-0.1, -0.05) is 18.2 Å². The molecule has 1 aromatic carbocycles. The number of benzene rings is 1. The summed E-state index contributed by atoms with van der Waals surface area (Å²) in [5, 5.41) is 8.00.